The number of hydrogen-bond acceptors (Lipinski definition) is 2. The van der Waals surface area contributed by atoms with E-state index in [1.807, 2.05) is 14.2 Å². The zero-order chi connectivity index (χ0) is 41.4. The van der Waals surface area contributed by atoms with Gasteiger partial charge < -0.3 is 24.8 Å². The van der Waals surface area contributed by atoms with Crippen molar-refractivity contribution in [2.75, 3.05) is 14.2 Å². The van der Waals surface area contributed by atoms with Gasteiger partial charge in [0, 0.05) is 0 Å². The zero-order valence-corrected chi connectivity index (χ0v) is 43.9. The Hall–Kier alpha value is -2.36. The normalized spacial score (nSPS) is 16.5. The van der Waals surface area contributed by atoms with Gasteiger partial charge >= 0.3 is 352 Å². The van der Waals surface area contributed by atoms with Crippen molar-refractivity contribution in [2.45, 2.75) is 139 Å². The topological polar surface area (TPSA) is 18.5 Å². The van der Waals surface area contributed by atoms with Crippen LogP contribution < -0.4 is 34.3 Å². The predicted molar refractivity (Wildman–Crippen MR) is 243 cm³/mol. The maximum Gasteiger partial charge on any atom is -1.00 e. The van der Waals surface area contributed by atoms with Gasteiger partial charge in [-0.05, 0) is 0 Å². The fourth-order valence-corrected chi connectivity index (χ4v) is 32.2. The largest absolute Gasteiger partial charge is 1.00 e. The van der Waals surface area contributed by atoms with Gasteiger partial charge in [-0.25, -0.2) is 0 Å². The number of rotatable bonds is 7. The second kappa shape index (κ2) is 17.2. The van der Waals surface area contributed by atoms with E-state index in [4.69, 9.17) is 9.47 Å². The van der Waals surface area contributed by atoms with Crippen molar-refractivity contribution in [3.8, 4) is 33.8 Å². The van der Waals surface area contributed by atoms with Crippen LogP contribution in [-0.2, 0) is 42.6 Å². The second-order valence-corrected chi connectivity index (χ2v) is 41.2. The number of ether oxygens (including phenoxy) is 2. The smallest absolute Gasteiger partial charge is 1.00 e. The van der Waals surface area contributed by atoms with Crippen molar-refractivity contribution in [3.05, 3.63) is 116 Å². The van der Waals surface area contributed by atoms with Crippen LogP contribution in [0.2, 0.25) is 13.1 Å². The summed E-state index contributed by atoms with van der Waals surface area (Å²) in [6.07, 6.45) is 5.09. The van der Waals surface area contributed by atoms with Gasteiger partial charge in [0.2, 0.25) is 0 Å². The van der Waals surface area contributed by atoms with Crippen LogP contribution in [0.4, 0.5) is 0 Å². The first kappa shape index (κ1) is 48.3. The van der Waals surface area contributed by atoms with Gasteiger partial charge in [-0.15, -0.1) is 0 Å². The van der Waals surface area contributed by atoms with E-state index in [1.165, 1.54) is 77.9 Å². The van der Waals surface area contributed by atoms with Crippen molar-refractivity contribution in [2.24, 2.45) is 0 Å². The zero-order valence-electron chi connectivity index (χ0n) is 38.7. The van der Waals surface area contributed by atoms with Crippen LogP contribution in [0.5, 0.6) is 11.5 Å². The Kier molecular flexibility index (Phi) is 14.3. The average molecular weight is 916 g/mol. The summed E-state index contributed by atoms with van der Waals surface area (Å²) in [5, 5.41) is 0. The van der Waals surface area contributed by atoms with Crippen molar-refractivity contribution in [1.29, 1.82) is 0 Å². The van der Waals surface area contributed by atoms with Gasteiger partial charge in [0.1, 0.15) is 0 Å². The van der Waals surface area contributed by atoms with Crippen LogP contribution >= 0.6 is 0 Å². The quantitative estimate of drug-likeness (QED) is 0.174. The maximum absolute atomic E-state index is 6.34. The number of allylic oxidation sites excluding steroid dienone is 2. The molecule has 2 unspecified atom stereocenters. The van der Waals surface area contributed by atoms with Crippen LogP contribution in [0.1, 0.15) is 149 Å². The van der Waals surface area contributed by atoms with Crippen molar-refractivity contribution in [3.63, 3.8) is 0 Å². The monoisotopic (exact) mass is 913 g/mol. The van der Waals surface area contributed by atoms with Gasteiger partial charge in [-0.1, -0.05) is 0 Å². The number of hydrogen-bond donors (Lipinski definition) is 0. The van der Waals surface area contributed by atoms with Crippen molar-refractivity contribution >= 4 is 18.1 Å². The molecule has 0 aromatic heterocycles. The molecule has 0 spiro atoms. The molecule has 0 N–H and O–H groups in total. The Morgan fingerprint density at radius 2 is 0.776 bits per heavy atom. The number of benzene rings is 4. The number of fused-ring (bicyclic) bond motifs is 2. The van der Waals surface area contributed by atoms with Crippen LogP contribution in [-0.4, -0.2) is 20.1 Å². The fourth-order valence-electron chi connectivity index (χ4n) is 9.07. The molecule has 2 atom stereocenters. The van der Waals surface area contributed by atoms with E-state index in [2.05, 4.69) is 183 Å². The first-order valence-electron chi connectivity index (χ1n) is 20.8. The van der Waals surface area contributed by atoms with Gasteiger partial charge in [-0.3, -0.25) is 0 Å². The molecular weight excluding hydrogens is 847 g/mol. The molecule has 4 aromatic rings. The summed E-state index contributed by atoms with van der Waals surface area (Å²) in [4.78, 5) is 0. The summed E-state index contributed by atoms with van der Waals surface area (Å²) in [5.74, 6) is 0.948. The SMILES string of the molecule is COc1ccc(-c2cc(C(C)(C)C)cc(C(C)(C)C)c2)c2c1[CH]([Zr+2]([CH]1C(C)=Cc3c(-c4cc(C(C)(C)C)cc(C(C)(C)C)c4)ccc(OC)c31)[SiH](C)C)C(C)=C2.[Cl-].[Cl-]. The van der Waals surface area contributed by atoms with Crippen LogP contribution in [0.25, 0.3) is 34.4 Å². The van der Waals surface area contributed by atoms with E-state index >= 15 is 0 Å². The molecule has 0 saturated carbocycles. The molecule has 2 aliphatic rings. The predicted octanol–water partition coefficient (Wildman–Crippen LogP) is 8.45. The Labute approximate surface area is 373 Å². The molecule has 0 saturated heterocycles. The molecule has 0 radical (unpaired) electrons. The first-order valence-corrected chi connectivity index (χ1v) is 30.8. The van der Waals surface area contributed by atoms with Crippen molar-refractivity contribution in [1.82, 2.24) is 0 Å². The number of methoxy groups -OCH3 is 2. The minimum absolute atomic E-state index is 0. The first-order chi connectivity index (χ1) is 25.9. The molecule has 0 aliphatic heterocycles. The van der Waals surface area contributed by atoms with Gasteiger partial charge in [0.25, 0.3) is 0 Å². The molecule has 311 valence electrons. The summed E-state index contributed by atoms with van der Waals surface area (Å²) in [6, 6.07) is 23.9. The Morgan fingerprint density at radius 3 is 1.02 bits per heavy atom. The van der Waals surface area contributed by atoms with E-state index in [0.717, 1.165) is 11.5 Å². The molecule has 2 aliphatic carbocycles. The standard InChI is InChI=1S/2C25H31O.C2H7Si.2ClH.Zr/c2*1-16-11-21-20(9-10-23(26-8)22(21)12-16)17-13-18(24(2,3)4)15-19(14-17)25(5,6)7;1-3-2;;;/h2*9-15H,1-8H3;3H,1-2H3;2*1H;/q;;;;;+2/p-2. The molecule has 4 aromatic carbocycles. The Bertz CT molecular complexity index is 2020. The molecule has 0 fully saturated rings. The van der Waals surface area contributed by atoms with Crippen LogP contribution in [0.15, 0.2) is 71.8 Å². The number of halogens is 2. The van der Waals surface area contributed by atoms with E-state index < -0.39 is 26.8 Å². The van der Waals surface area contributed by atoms with E-state index in [1.54, 1.807) is 0 Å². The molecule has 58 heavy (non-hydrogen) atoms. The Balaban J connectivity index is 0.00000372. The second-order valence-electron chi connectivity index (χ2n) is 21.2. The average Bonchev–Trinajstić information content (AvgIpc) is 3.62. The van der Waals surface area contributed by atoms with Gasteiger partial charge in [0.05, 0.1) is 0 Å². The summed E-state index contributed by atoms with van der Waals surface area (Å²) in [7, 11) is 3.74. The summed E-state index contributed by atoms with van der Waals surface area (Å²) >= 11 is -2.47. The maximum atomic E-state index is 6.34. The summed E-state index contributed by atoms with van der Waals surface area (Å²) in [5.41, 5.74) is 19.7. The third-order valence-corrected chi connectivity index (χ3v) is 34.5. The molecule has 0 heterocycles. The molecular formula is C52H69Cl2O2SiZr. The Morgan fingerprint density at radius 1 is 0.483 bits per heavy atom. The van der Waals surface area contributed by atoms with Gasteiger partial charge in [-0.2, -0.15) is 0 Å². The molecule has 0 bridgehead atoms. The minimum Gasteiger partial charge on any atom is -1.00 e. The summed E-state index contributed by atoms with van der Waals surface area (Å²) in [6.45, 7) is 38.2. The third kappa shape index (κ3) is 9.12. The van der Waals surface area contributed by atoms with Crippen molar-refractivity contribution < 1.29 is 55.2 Å². The van der Waals surface area contributed by atoms with E-state index in [0.29, 0.717) is 7.25 Å². The van der Waals surface area contributed by atoms with Crippen LogP contribution in [0, 0.1) is 0 Å². The minimum atomic E-state index is -2.47. The molecule has 2 nitrogen and oxygen atoms in total. The van der Waals surface area contributed by atoms with E-state index in [9.17, 15) is 0 Å². The fraction of sp³-hybridized carbons (Fsp3) is 0.462. The molecule has 6 rings (SSSR count). The van der Waals surface area contributed by atoms with E-state index in [-0.39, 0.29) is 46.5 Å². The molecule has 6 heteroatoms. The molecule has 0 amide bonds. The third-order valence-electron chi connectivity index (χ3n) is 12.5. The van der Waals surface area contributed by atoms with Crippen LogP contribution in [0.3, 0.4) is 0 Å². The summed E-state index contributed by atoms with van der Waals surface area (Å²) < 4.78 is 13.6. The van der Waals surface area contributed by atoms with Gasteiger partial charge in [0.15, 0.2) is 0 Å².